The third kappa shape index (κ3) is 3.28. The zero-order chi connectivity index (χ0) is 14.5. The van der Waals surface area contributed by atoms with Gasteiger partial charge in [-0.05, 0) is 24.3 Å². The Morgan fingerprint density at radius 1 is 1.20 bits per heavy atom. The van der Waals surface area contributed by atoms with Crippen LogP contribution in [0.15, 0.2) is 42.9 Å². The average Bonchev–Trinajstić information content (AvgIpc) is 2.89. The van der Waals surface area contributed by atoms with E-state index in [0.29, 0.717) is 12.0 Å². The quantitative estimate of drug-likeness (QED) is 0.865. The van der Waals surface area contributed by atoms with Crippen molar-refractivity contribution in [3.8, 4) is 0 Å². The predicted octanol–water partition coefficient (Wildman–Crippen LogP) is 3.93. The lowest BCUT2D eigenvalue weighted by Gasteiger charge is -2.23. The van der Waals surface area contributed by atoms with E-state index in [-0.39, 0.29) is 6.04 Å². The van der Waals surface area contributed by atoms with Gasteiger partial charge in [-0.1, -0.05) is 51.1 Å². The molecule has 0 radical (unpaired) electrons. The zero-order valence-electron chi connectivity index (χ0n) is 12.7. The molecule has 0 aliphatic heterocycles. The Hall–Kier alpha value is -1.61. The molecule has 2 rings (SSSR count). The van der Waals surface area contributed by atoms with Crippen molar-refractivity contribution in [3.05, 3.63) is 54.1 Å². The van der Waals surface area contributed by atoms with Gasteiger partial charge in [0.25, 0.3) is 0 Å². The van der Waals surface area contributed by atoms with Crippen LogP contribution in [0.5, 0.6) is 0 Å². The standard InChI is InChI=1S/C17H25N3/c1-4-16(14-8-6-5-7-9-14)20-12-19-11-17(20)15(18)10-13(2)3/h5-9,11-13,15-16H,4,10,18H2,1-3H3. The summed E-state index contributed by atoms with van der Waals surface area (Å²) in [5.41, 5.74) is 8.80. The summed E-state index contributed by atoms with van der Waals surface area (Å²) in [6.07, 6.45) is 5.84. The van der Waals surface area contributed by atoms with Crippen LogP contribution < -0.4 is 5.73 Å². The van der Waals surface area contributed by atoms with Crippen molar-refractivity contribution in [1.82, 2.24) is 9.55 Å². The van der Waals surface area contributed by atoms with Crippen LogP contribution in [-0.4, -0.2) is 9.55 Å². The molecule has 2 unspecified atom stereocenters. The molecular weight excluding hydrogens is 246 g/mol. The minimum Gasteiger partial charge on any atom is -0.326 e. The highest BCUT2D eigenvalue weighted by Gasteiger charge is 2.19. The molecule has 1 aromatic carbocycles. The molecule has 0 aliphatic rings. The summed E-state index contributed by atoms with van der Waals surface area (Å²) in [6.45, 7) is 6.61. The molecule has 2 N–H and O–H groups in total. The molecule has 20 heavy (non-hydrogen) atoms. The van der Waals surface area contributed by atoms with Crippen LogP contribution in [0.2, 0.25) is 0 Å². The van der Waals surface area contributed by atoms with E-state index in [1.165, 1.54) is 5.56 Å². The fourth-order valence-electron chi connectivity index (χ4n) is 2.76. The Balaban J connectivity index is 2.30. The molecule has 1 aromatic heterocycles. The van der Waals surface area contributed by atoms with E-state index in [0.717, 1.165) is 18.5 Å². The topological polar surface area (TPSA) is 43.8 Å². The predicted molar refractivity (Wildman–Crippen MR) is 83.5 cm³/mol. The Labute approximate surface area is 121 Å². The van der Waals surface area contributed by atoms with Crippen molar-refractivity contribution in [1.29, 1.82) is 0 Å². The van der Waals surface area contributed by atoms with Crippen molar-refractivity contribution >= 4 is 0 Å². The van der Waals surface area contributed by atoms with Crippen LogP contribution in [0, 0.1) is 5.92 Å². The molecule has 0 saturated heterocycles. The van der Waals surface area contributed by atoms with Gasteiger partial charge in [0.2, 0.25) is 0 Å². The summed E-state index contributed by atoms with van der Waals surface area (Å²) in [5.74, 6) is 0.588. The number of rotatable bonds is 6. The van der Waals surface area contributed by atoms with Crippen LogP contribution in [0.4, 0.5) is 0 Å². The number of hydrogen-bond donors (Lipinski definition) is 1. The third-order valence-electron chi connectivity index (χ3n) is 3.71. The van der Waals surface area contributed by atoms with E-state index in [9.17, 15) is 0 Å². The van der Waals surface area contributed by atoms with Crippen molar-refractivity contribution < 1.29 is 0 Å². The van der Waals surface area contributed by atoms with Gasteiger partial charge in [0.1, 0.15) is 0 Å². The molecule has 0 amide bonds. The molecule has 1 heterocycles. The maximum absolute atomic E-state index is 6.35. The third-order valence-corrected chi connectivity index (χ3v) is 3.71. The van der Waals surface area contributed by atoms with E-state index in [1.54, 1.807) is 0 Å². The molecule has 3 heteroatoms. The van der Waals surface area contributed by atoms with Crippen molar-refractivity contribution in [3.63, 3.8) is 0 Å². The first-order chi connectivity index (χ1) is 9.63. The Morgan fingerprint density at radius 3 is 2.50 bits per heavy atom. The lowest BCUT2D eigenvalue weighted by Crippen LogP contribution is -2.20. The number of benzene rings is 1. The summed E-state index contributed by atoms with van der Waals surface area (Å²) in [4.78, 5) is 4.33. The van der Waals surface area contributed by atoms with E-state index in [1.807, 2.05) is 12.5 Å². The number of aromatic nitrogens is 2. The highest BCUT2D eigenvalue weighted by molar-refractivity contribution is 5.22. The lowest BCUT2D eigenvalue weighted by molar-refractivity contribution is 0.463. The summed E-state index contributed by atoms with van der Waals surface area (Å²) in [7, 11) is 0. The SMILES string of the molecule is CCC(c1ccccc1)n1cncc1C(N)CC(C)C. The lowest BCUT2D eigenvalue weighted by atomic mass is 10.00. The van der Waals surface area contributed by atoms with Crippen LogP contribution in [0.3, 0.4) is 0 Å². The van der Waals surface area contributed by atoms with Gasteiger partial charge in [0.05, 0.1) is 18.1 Å². The molecule has 0 bridgehead atoms. The average molecular weight is 271 g/mol. The summed E-state index contributed by atoms with van der Waals surface area (Å²) in [5, 5.41) is 0. The van der Waals surface area contributed by atoms with Gasteiger partial charge in [0, 0.05) is 12.2 Å². The van der Waals surface area contributed by atoms with Gasteiger partial charge in [-0.3, -0.25) is 0 Å². The minimum atomic E-state index is 0.0512. The Kier molecular flexibility index (Phi) is 4.96. The molecule has 2 atom stereocenters. The second-order valence-corrected chi connectivity index (χ2v) is 5.80. The van der Waals surface area contributed by atoms with Gasteiger partial charge in [-0.15, -0.1) is 0 Å². The largest absolute Gasteiger partial charge is 0.326 e. The van der Waals surface area contributed by atoms with E-state index in [4.69, 9.17) is 5.73 Å². The first-order valence-corrected chi connectivity index (χ1v) is 7.45. The molecule has 0 saturated carbocycles. The molecule has 0 fully saturated rings. The fourth-order valence-corrected chi connectivity index (χ4v) is 2.76. The smallest absolute Gasteiger partial charge is 0.0954 e. The molecule has 0 spiro atoms. The molecule has 0 aliphatic carbocycles. The van der Waals surface area contributed by atoms with Gasteiger partial charge < -0.3 is 10.3 Å². The summed E-state index contributed by atoms with van der Waals surface area (Å²) in [6, 6.07) is 10.9. The van der Waals surface area contributed by atoms with Gasteiger partial charge in [0.15, 0.2) is 0 Å². The molecular formula is C17H25N3. The minimum absolute atomic E-state index is 0.0512. The van der Waals surface area contributed by atoms with E-state index in [2.05, 4.69) is 60.7 Å². The van der Waals surface area contributed by atoms with Gasteiger partial charge in [-0.2, -0.15) is 0 Å². The maximum Gasteiger partial charge on any atom is 0.0954 e. The van der Waals surface area contributed by atoms with E-state index < -0.39 is 0 Å². The monoisotopic (exact) mass is 271 g/mol. The van der Waals surface area contributed by atoms with Gasteiger partial charge in [-0.25, -0.2) is 4.98 Å². The fraction of sp³-hybridized carbons (Fsp3) is 0.471. The molecule has 108 valence electrons. The summed E-state index contributed by atoms with van der Waals surface area (Å²) >= 11 is 0. The highest BCUT2D eigenvalue weighted by atomic mass is 15.1. The van der Waals surface area contributed by atoms with Crippen molar-refractivity contribution in [2.45, 2.75) is 45.7 Å². The van der Waals surface area contributed by atoms with Crippen LogP contribution in [0.25, 0.3) is 0 Å². The second kappa shape index (κ2) is 6.71. The number of imidazole rings is 1. The Bertz CT molecular complexity index is 516. The number of hydrogen-bond acceptors (Lipinski definition) is 2. The van der Waals surface area contributed by atoms with Gasteiger partial charge >= 0.3 is 0 Å². The Morgan fingerprint density at radius 2 is 1.90 bits per heavy atom. The van der Waals surface area contributed by atoms with Crippen molar-refractivity contribution in [2.24, 2.45) is 11.7 Å². The van der Waals surface area contributed by atoms with Crippen molar-refractivity contribution in [2.75, 3.05) is 0 Å². The van der Waals surface area contributed by atoms with Crippen LogP contribution in [-0.2, 0) is 0 Å². The number of nitrogens with zero attached hydrogens (tertiary/aromatic N) is 2. The first-order valence-electron chi connectivity index (χ1n) is 7.45. The molecule has 3 nitrogen and oxygen atoms in total. The van der Waals surface area contributed by atoms with Crippen LogP contribution in [0.1, 0.15) is 57.0 Å². The van der Waals surface area contributed by atoms with Crippen LogP contribution >= 0.6 is 0 Å². The van der Waals surface area contributed by atoms with E-state index >= 15 is 0 Å². The number of nitrogens with two attached hydrogens (primary N) is 1. The highest BCUT2D eigenvalue weighted by Crippen LogP contribution is 2.27. The first kappa shape index (κ1) is 14.8. The molecule has 2 aromatic rings. The summed E-state index contributed by atoms with van der Waals surface area (Å²) < 4.78 is 2.24. The normalized spacial score (nSPS) is 14.4. The maximum atomic E-state index is 6.35. The second-order valence-electron chi connectivity index (χ2n) is 5.80. The zero-order valence-corrected chi connectivity index (χ0v) is 12.7.